The standard InChI is InChI=1S/C8H7BN4O2S/c9-6-12-11-4(16-6)3-13-7(15)10-5(14)8(13)1-2-8/h1-3H2,(H,10,14,15). The van der Waals surface area contributed by atoms with E-state index >= 15 is 0 Å². The highest BCUT2D eigenvalue weighted by atomic mass is 32.1. The Balaban J connectivity index is 1.85. The second-order valence-corrected chi connectivity index (χ2v) is 5.00. The van der Waals surface area contributed by atoms with Gasteiger partial charge in [-0.3, -0.25) is 10.1 Å². The molecule has 2 radical (unpaired) electrons. The van der Waals surface area contributed by atoms with E-state index < -0.39 is 5.54 Å². The average Bonchev–Trinajstić information content (AvgIpc) is 2.88. The van der Waals surface area contributed by atoms with Crippen LogP contribution in [0.15, 0.2) is 0 Å². The summed E-state index contributed by atoms with van der Waals surface area (Å²) in [5.74, 6) is -0.199. The van der Waals surface area contributed by atoms with E-state index in [0.29, 0.717) is 16.5 Å². The number of imide groups is 1. The minimum absolute atomic E-state index is 0.199. The molecule has 1 spiro atoms. The predicted octanol–water partition coefficient (Wildman–Crippen LogP) is -1.08. The molecule has 3 amide bonds. The van der Waals surface area contributed by atoms with Gasteiger partial charge in [0.25, 0.3) is 5.91 Å². The first-order valence-electron chi connectivity index (χ1n) is 4.83. The number of nitrogens with one attached hydrogen (secondary N) is 1. The Hall–Kier alpha value is -1.44. The summed E-state index contributed by atoms with van der Waals surface area (Å²) < 4.78 is 0. The van der Waals surface area contributed by atoms with Crippen molar-refractivity contribution in [2.45, 2.75) is 24.9 Å². The van der Waals surface area contributed by atoms with Crippen LogP contribution >= 0.6 is 11.3 Å². The molecule has 0 atom stereocenters. The fraction of sp³-hybridized carbons (Fsp3) is 0.500. The van der Waals surface area contributed by atoms with Gasteiger partial charge < -0.3 is 4.90 Å². The van der Waals surface area contributed by atoms with E-state index in [9.17, 15) is 9.59 Å². The zero-order valence-corrected chi connectivity index (χ0v) is 9.08. The zero-order valence-electron chi connectivity index (χ0n) is 8.27. The van der Waals surface area contributed by atoms with Crippen molar-refractivity contribution in [1.82, 2.24) is 20.4 Å². The molecule has 0 bridgehead atoms. The summed E-state index contributed by atoms with van der Waals surface area (Å²) in [6, 6.07) is -0.351. The highest BCUT2D eigenvalue weighted by Crippen LogP contribution is 2.45. The Morgan fingerprint density at radius 3 is 2.75 bits per heavy atom. The molecule has 8 heteroatoms. The minimum Gasteiger partial charge on any atom is -0.303 e. The zero-order chi connectivity index (χ0) is 11.3. The maximum Gasteiger partial charge on any atom is 0.325 e. The average molecular weight is 234 g/mol. The molecule has 80 valence electrons. The lowest BCUT2D eigenvalue weighted by Crippen LogP contribution is -2.36. The van der Waals surface area contributed by atoms with Gasteiger partial charge in [0, 0.05) is 0 Å². The number of carbonyl (C=O) groups excluding carboxylic acids is 2. The Morgan fingerprint density at radius 1 is 1.44 bits per heavy atom. The molecule has 0 aromatic carbocycles. The molecule has 2 heterocycles. The summed E-state index contributed by atoms with van der Waals surface area (Å²) in [4.78, 5) is 25.0. The van der Waals surface area contributed by atoms with Crippen molar-refractivity contribution in [3.63, 3.8) is 0 Å². The third kappa shape index (κ3) is 1.26. The van der Waals surface area contributed by atoms with Crippen molar-refractivity contribution >= 4 is 36.0 Å². The Morgan fingerprint density at radius 2 is 2.19 bits per heavy atom. The van der Waals surface area contributed by atoms with Gasteiger partial charge in [0.1, 0.15) is 10.5 Å². The maximum atomic E-state index is 11.6. The van der Waals surface area contributed by atoms with Crippen LogP contribution in [0.5, 0.6) is 0 Å². The molecule has 1 aromatic rings. The molecule has 3 rings (SSSR count). The SMILES string of the molecule is [B]c1nnc(CN2C(=O)NC(=O)C23CC3)s1. The molecular weight excluding hydrogens is 227 g/mol. The van der Waals surface area contributed by atoms with Gasteiger partial charge in [0.15, 0.2) is 7.85 Å². The molecule has 1 aliphatic carbocycles. The number of rotatable bonds is 2. The van der Waals surface area contributed by atoms with Crippen molar-refractivity contribution in [3.8, 4) is 0 Å². The summed E-state index contributed by atoms with van der Waals surface area (Å²) in [7, 11) is 5.46. The molecule has 0 unspecified atom stereocenters. The van der Waals surface area contributed by atoms with E-state index in [1.54, 1.807) is 0 Å². The number of urea groups is 1. The van der Waals surface area contributed by atoms with E-state index in [1.807, 2.05) is 0 Å². The van der Waals surface area contributed by atoms with Crippen molar-refractivity contribution in [3.05, 3.63) is 5.01 Å². The fourth-order valence-electron chi connectivity index (χ4n) is 1.90. The molecule has 2 fully saturated rings. The third-order valence-electron chi connectivity index (χ3n) is 2.90. The van der Waals surface area contributed by atoms with Crippen LogP contribution in [0.25, 0.3) is 0 Å². The number of hydrogen-bond donors (Lipinski definition) is 1. The second-order valence-electron chi connectivity index (χ2n) is 3.91. The topological polar surface area (TPSA) is 75.2 Å². The Kier molecular flexibility index (Phi) is 1.85. The van der Waals surface area contributed by atoms with Crippen LogP contribution in [0.3, 0.4) is 0 Å². The molecule has 1 saturated carbocycles. The van der Waals surface area contributed by atoms with Crippen molar-refractivity contribution in [2.24, 2.45) is 0 Å². The number of carbonyl (C=O) groups is 2. The summed E-state index contributed by atoms with van der Waals surface area (Å²) in [5, 5.41) is 10.5. The first-order valence-corrected chi connectivity index (χ1v) is 5.64. The van der Waals surface area contributed by atoms with E-state index in [1.165, 1.54) is 16.2 Å². The molecule has 2 aliphatic rings. The van der Waals surface area contributed by atoms with Crippen LogP contribution in [0.2, 0.25) is 0 Å². The largest absolute Gasteiger partial charge is 0.325 e. The van der Waals surface area contributed by atoms with Gasteiger partial charge in [0.2, 0.25) is 0 Å². The number of amides is 3. The molecule has 1 N–H and O–H groups in total. The van der Waals surface area contributed by atoms with Crippen molar-refractivity contribution in [1.29, 1.82) is 0 Å². The lowest BCUT2D eigenvalue weighted by Gasteiger charge is -2.18. The van der Waals surface area contributed by atoms with Gasteiger partial charge >= 0.3 is 6.03 Å². The molecule has 1 saturated heterocycles. The van der Waals surface area contributed by atoms with Crippen molar-refractivity contribution < 1.29 is 9.59 Å². The van der Waals surface area contributed by atoms with Crippen LogP contribution in [0, 0.1) is 0 Å². The second kappa shape index (κ2) is 3.03. The van der Waals surface area contributed by atoms with E-state index in [-0.39, 0.29) is 11.9 Å². The van der Waals surface area contributed by atoms with E-state index in [2.05, 4.69) is 15.5 Å². The van der Waals surface area contributed by atoms with Crippen LogP contribution < -0.4 is 10.2 Å². The van der Waals surface area contributed by atoms with Gasteiger partial charge in [0.05, 0.1) is 11.5 Å². The van der Waals surface area contributed by atoms with Gasteiger partial charge in [-0.25, -0.2) is 4.79 Å². The van der Waals surface area contributed by atoms with Crippen LogP contribution in [-0.4, -0.2) is 40.4 Å². The molecule has 1 aromatic heterocycles. The van der Waals surface area contributed by atoms with Gasteiger partial charge in [-0.15, -0.1) is 16.4 Å². The van der Waals surface area contributed by atoms with Crippen LogP contribution in [0.1, 0.15) is 17.8 Å². The lowest BCUT2D eigenvalue weighted by atomic mass is 10.2. The molecular formula is C8H7BN4O2S. The summed E-state index contributed by atoms with van der Waals surface area (Å²) in [6.45, 7) is 0.298. The maximum absolute atomic E-state index is 11.6. The van der Waals surface area contributed by atoms with Gasteiger partial charge in [-0.2, -0.15) is 5.10 Å². The summed E-state index contributed by atoms with van der Waals surface area (Å²) >= 11 is 1.23. The highest BCUT2D eigenvalue weighted by molar-refractivity contribution is 7.19. The smallest absolute Gasteiger partial charge is 0.303 e. The number of hydrogen-bond acceptors (Lipinski definition) is 5. The Bertz CT molecular complexity index is 484. The monoisotopic (exact) mass is 234 g/mol. The Labute approximate surface area is 96.4 Å². The first-order chi connectivity index (χ1) is 7.62. The number of nitrogens with zero attached hydrogens (tertiary/aromatic N) is 3. The van der Waals surface area contributed by atoms with Crippen molar-refractivity contribution in [2.75, 3.05) is 0 Å². The third-order valence-corrected chi connectivity index (χ3v) is 3.64. The molecule has 1 aliphatic heterocycles. The highest BCUT2D eigenvalue weighted by Gasteiger charge is 2.61. The number of aromatic nitrogens is 2. The van der Waals surface area contributed by atoms with E-state index in [0.717, 1.165) is 12.8 Å². The molecule has 6 nitrogen and oxygen atoms in total. The van der Waals surface area contributed by atoms with Crippen LogP contribution in [-0.2, 0) is 11.3 Å². The minimum atomic E-state index is -0.614. The molecule has 16 heavy (non-hydrogen) atoms. The predicted molar refractivity (Wildman–Crippen MR) is 56.3 cm³/mol. The summed E-state index contributed by atoms with van der Waals surface area (Å²) in [5.41, 5.74) is -0.614. The summed E-state index contributed by atoms with van der Waals surface area (Å²) in [6.07, 6.45) is 1.44. The lowest BCUT2D eigenvalue weighted by molar-refractivity contribution is -0.122. The van der Waals surface area contributed by atoms with E-state index in [4.69, 9.17) is 7.85 Å². The quantitative estimate of drug-likeness (QED) is 0.521. The first kappa shape index (κ1) is 9.77. The normalized spacial score (nSPS) is 21.6. The van der Waals surface area contributed by atoms with Gasteiger partial charge in [-0.1, -0.05) is 0 Å². The fourth-order valence-corrected chi connectivity index (χ4v) is 2.50. The van der Waals surface area contributed by atoms with Crippen LogP contribution in [0.4, 0.5) is 4.79 Å². The van der Waals surface area contributed by atoms with Gasteiger partial charge in [-0.05, 0) is 12.8 Å².